The first-order valence-electron chi connectivity index (χ1n) is 9.73. The van der Waals surface area contributed by atoms with Crippen LogP contribution in [0.4, 0.5) is 5.69 Å². The van der Waals surface area contributed by atoms with Crippen molar-refractivity contribution in [2.45, 2.75) is 31.7 Å². The number of piperazine rings is 1. The Balaban J connectivity index is 1.46. The number of halogens is 1. The predicted molar refractivity (Wildman–Crippen MR) is 109 cm³/mol. The Labute approximate surface area is 165 Å². The molecule has 4 rings (SSSR count). The molecule has 0 bridgehead atoms. The molecule has 1 heterocycles. The molecule has 0 saturated carbocycles. The molecular weight excluding hydrogens is 360 g/mol. The standard InChI is InChI=1S/C22H25ClN2O2/c23-20-6-3-5-19-18(20)4-1-2-7-21(19)25-14-12-24(13-15-25)17-10-8-16(9-11-17)22(26)27/h3,5-6,8-11,21H,1-2,4,7,12-15H2,(H,26,27)/t21-/m1/s1. The van der Waals surface area contributed by atoms with Crippen molar-refractivity contribution in [1.82, 2.24) is 4.90 Å². The number of hydrogen-bond acceptors (Lipinski definition) is 3. The van der Waals surface area contributed by atoms with Gasteiger partial charge in [0.05, 0.1) is 5.56 Å². The summed E-state index contributed by atoms with van der Waals surface area (Å²) < 4.78 is 0. The van der Waals surface area contributed by atoms with Gasteiger partial charge in [0.15, 0.2) is 0 Å². The van der Waals surface area contributed by atoms with Crippen LogP contribution in [0, 0.1) is 0 Å². The third-order valence-electron chi connectivity index (χ3n) is 5.90. The molecule has 2 aromatic rings. The van der Waals surface area contributed by atoms with E-state index in [0.29, 0.717) is 11.6 Å². The lowest BCUT2D eigenvalue weighted by atomic mass is 9.97. The van der Waals surface area contributed by atoms with E-state index in [4.69, 9.17) is 16.7 Å². The summed E-state index contributed by atoms with van der Waals surface area (Å²) in [5.74, 6) is -0.878. The second-order valence-electron chi connectivity index (χ2n) is 7.44. The van der Waals surface area contributed by atoms with Crippen LogP contribution >= 0.6 is 11.6 Å². The van der Waals surface area contributed by atoms with Gasteiger partial charge in [-0.3, -0.25) is 4.90 Å². The molecule has 1 aliphatic heterocycles. The molecule has 1 atom stereocenters. The molecule has 0 spiro atoms. The third-order valence-corrected chi connectivity index (χ3v) is 6.26. The van der Waals surface area contributed by atoms with Crippen LogP contribution < -0.4 is 4.90 Å². The Morgan fingerprint density at radius 1 is 1.00 bits per heavy atom. The molecule has 0 amide bonds. The van der Waals surface area contributed by atoms with Crippen molar-refractivity contribution in [3.8, 4) is 0 Å². The zero-order valence-electron chi connectivity index (χ0n) is 15.4. The number of benzene rings is 2. The number of rotatable bonds is 3. The predicted octanol–water partition coefficient (Wildman–Crippen LogP) is 4.63. The van der Waals surface area contributed by atoms with Gasteiger partial charge in [0.1, 0.15) is 0 Å². The maximum Gasteiger partial charge on any atom is 0.335 e. The second kappa shape index (κ2) is 7.91. The number of carboxylic acid groups (broad SMARTS) is 1. The maximum atomic E-state index is 11.0. The first-order chi connectivity index (χ1) is 13.1. The largest absolute Gasteiger partial charge is 0.478 e. The van der Waals surface area contributed by atoms with E-state index in [1.54, 1.807) is 12.1 Å². The number of aromatic carboxylic acids is 1. The molecule has 0 radical (unpaired) electrons. The fraction of sp³-hybridized carbons (Fsp3) is 0.409. The van der Waals surface area contributed by atoms with Crippen molar-refractivity contribution >= 4 is 23.3 Å². The van der Waals surface area contributed by atoms with Gasteiger partial charge in [-0.2, -0.15) is 0 Å². The van der Waals surface area contributed by atoms with Crippen LogP contribution in [0.15, 0.2) is 42.5 Å². The molecule has 0 unspecified atom stereocenters. The summed E-state index contributed by atoms with van der Waals surface area (Å²) in [6.45, 7) is 3.94. The molecule has 2 aliphatic rings. The lowest BCUT2D eigenvalue weighted by Crippen LogP contribution is -2.47. The van der Waals surface area contributed by atoms with E-state index in [1.165, 1.54) is 30.4 Å². The number of carboxylic acids is 1. The Kier molecular flexibility index (Phi) is 5.37. The minimum Gasteiger partial charge on any atom is -0.478 e. The molecule has 1 fully saturated rings. The number of hydrogen-bond donors (Lipinski definition) is 1. The van der Waals surface area contributed by atoms with E-state index < -0.39 is 5.97 Å². The minimum atomic E-state index is -0.878. The fourth-order valence-corrected chi connectivity index (χ4v) is 4.71. The van der Waals surface area contributed by atoms with Crippen molar-refractivity contribution in [3.05, 3.63) is 64.2 Å². The first kappa shape index (κ1) is 18.3. The number of fused-ring (bicyclic) bond motifs is 1. The molecule has 0 aromatic heterocycles. The summed E-state index contributed by atoms with van der Waals surface area (Å²) in [4.78, 5) is 16.0. The minimum absolute atomic E-state index is 0.337. The molecule has 1 aliphatic carbocycles. The number of anilines is 1. The van der Waals surface area contributed by atoms with E-state index in [9.17, 15) is 4.79 Å². The van der Waals surface area contributed by atoms with Gasteiger partial charge in [-0.25, -0.2) is 4.79 Å². The summed E-state index contributed by atoms with van der Waals surface area (Å²) in [7, 11) is 0. The summed E-state index contributed by atoms with van der Waals surface area (Å²) in [5, 5.41) is 9.97. The average Bonchev–Trinajstić information content (AvgIpc) is 2.92. The van der Waals surface area contributed by atoms with E-state index >= 15 is 0 Å². The van der Waals surface area contributed by atoms with Gasteiger partial charge >= 0.3 is 5.97 Å². The van der Waals surface area contributed by atoms with Crippen LogP contribution in [0.5, 0.6) is 0 Å². The van der Waals surface area contributed by atoms with Gasteiger partial charge in [0.25, 0.3) is 0 Å². The number of carbonyl (C=O) groups is 1. The van der Waals surface area contributed by atoms with Crippen molar-refractivity contribution in [2.24, 2.45) is 0 Å². The monoisotopic (exact) mass is 384 g/mol. The highest BCUT2D eigenvalue weighted by molar-refractivity contribution is 6.31. The van der Waals surface area contributed by atoms with E-state index in [0.717, 1.165) is 43.3 Å². The van der Waals surface area contributed by atoms with Crippen LogP contribution in [0.2, 0.25) is 5.02 Å². The highest BCUT2D eigenvalue weighted by Gasteiger charge is 2.28. The van der Waals surface area contributed by atoms with Crippen LogP contribution in [0.1, 0.15) is 46.8 Å². The lowest BCUT2D eigenvalue weighted by Gasteiger charge is -2.40. The fourth-order valence-electron chi connectivity index (χ4n) is 4.43. The van der Waals surface area contributed by atoms with Gasteiger partial charge in [-0.15, -0.1) is 0 Å². The van der Waals surface area contributed by atoms with Crippen molar-refractivity contribution in [1.29, 1.82) is 0 Å². The quantitative estimate of drug-likeness (QED) is 0.783. The topological polar surface area (TPSA) is 43.8 Å². The molecule has 27 heavy (non-hydrogen) atoms. The summed E-state index contributed by atoms with van der Waals surface area (Å²) in [6, 6.07) is 14.0. The maximum absolute atomic E-state index is 11.0. The van der Waals surface area contributed by atoms with Crippen molar-refractivity contribution in [2.75, 3.05) is 31.1 Å². The zero-order chi connectivity index (χ0) is 18.8. The molecule has 1 N–H and O–H groups in total. The van der Waals surface area contributed by atoms with Gasteiger partial charge < -0.3 is 10.0 Å². The van der Waals surface area contributed by atoms with Gasteiger partial charge in [-0.05, 0) is 60.7 Å². The van der Waals surface area contributed by atoms with E-state index in [2.05, 4.69) is 21.9 Å². The molecule has 4 nitrogen and oxygen atoms in total. The Hall–Kier alpha value is -2.04. The average molecular weight is 385 g/mol. The van der Waals surface area contributed by atoms with Crippen molar-refractivity contribution < 1.29 is 9.90 Å². The molecule has 5 heteroatoms. The summed E-state index contributed by atoms with van der Waals surface area (Å²) >= 11 is 6.49. The Morgan fingerprint density at radius 3 is 2.44 bits per heavy atom. The third kappa shape index (κ3) is 3.83. The summed E-state index contributed by atoms with van der Waals surface area (Å²) in [5.41, 5.74) is 4.20. The first-order valence-corrected chi connectivity index (χ1v) is 10.1. The van der Waals surface area contributed by atoms with E-state index in [-0.39, 0.29) is 0 Å². The van der Waals surface area contributed by atoms with Gasteiger partial charge in [0, 0.05) is 42.9 Å². The smallest absolute Gasteiger partial charge is 0.335 e. The summed E-state index contributed by atoms with van der Waals surface area (Å²) in [6.07, 6.45) is 4.73. The highest BCUT2D eigenvalue weighted by Crippen LogP contribution is 2.37. The zero-order valence-corrected chi connectivity index (χ0v) is 16.2. The number of nitrogens with zero attached hydrogens (tertiary/aromatic N) is 2. The van der Waals surface area contributed by atoms with Crippen LogP contribution in [-0.2, 0) is 6.42 Å². The molecule has 1 saturated heterocycles. The normalized spacial score (nSPS) is 20.8. The van der Waals surface area contributed by atoms with Gasteiger partial charge in [0.2, 0.25) is 0 Å². The Bertz CT molecular complexity index is 814. The van der Waals surface area contributed by atoms with Crippen LogP contribution in [0.25, 0.3) is 0 Å². The lowest BCUT2D eigenvalue weighted by molar-refractivity contribution is 0.0697. The highest BCUT2D eigenvalue weighted by atomic mass is 35.5. The molecule has 2 aromatic carbocycles. The SMILES string of the molecule is O=C(O)c1ccc(N2CCN([C@@H]3CCCCc4c(Cl)cccc43)CC2)cc1. The van der Waals surface area contributed by atoms with E-state index in [1.807, 2.05) is 18.2 Å². The van der Waals surface area contributed by atoms with Gasteiger partial charge in [-0.1, -0.05) is 30.2 Å². The molecular formula is C22H25ClN2O2. The second-order valence-corrected chi connectivity index (χ2v) is 7.85. The van der Waals surface area contributed by atoms with Crippen molar-refractivity contribution in [3.63, 3.8) is 0 Å². The van der Waals surface area contributed by atoms with Crippen LogP contribution in [-0.4, -0.2) is 42.2 Å². The Morgan fingerprint density at radius 2 is 1.74 bits per heavy atom. The van der Waals surface area contributed by atoms with Crippen LogP contribution in [0.3, 0.4) is 0 Å². The molecule has 142 valence electrons.